The zero-order valence-electron chi connectivity index (χ0n) is 10.3. The summed E-state index contributed by atoms with van der Waals surface area (Å²) in [5.74, 6) is 0.771. The molecular formula is C14H15BO2P. The Morgan fingerprint density at radius 3 is 2.28 bits per heavy atom. The SMILES string of the molecule is CCOc1ccccc1P(O)c1ccccc1.[B]. The van der Waals surface area contributed by atoms with Crippen LogP contribution < -0.4 is 15.3 Å². The van der Waals surface area contributed by atoms with Gasteiger partial charge in [-0.1, -0.05) is 42.5 Å². The fourth-order valence-corrected chi connectivity index (χ4v) is 2.93. The Morgan fingerprint density at radius 2 is 1.61 bits per heavy atom. The summed E-state index contributed by atoms with van der Waals surface area (Å²) in [5, 5.41) is 1.81. The second kappa shape index (κ2) is 7.20. The van der Waals surface area contributed by atoms with Crippen LogP contribution in [0.2, 0.25) is 0 Å². The normalized spacial score (nSPS) is 11.4. The van der Waals surface area contributed by atoms with E-state index in [1.807, 2.05) is 61.5 Å². The molecule has 0 spiro atoms. The molecule has 0 heterocycles. The Hall–Kier alpha value is -1.31. The maximum Gasteiger partial charge on any atom is 0.129 e. The van der Waals surface area contributed by atoms with Crippen LogP contribution in [0, 0.1) is 0 Å². The van der Waals surface area contributed by atoms with Crippen molar-refractivity contribution in [2.24, 2.45) is 0 Å². The minimum atomic E-state index is -1.33. The van der Waals surface area contributed by atoms with E-state index in [1.165, 1.54) is 0 Å². The number of benzene rings is 2. The van der Waals surface area contributed by atoms with E-state index in [0.717, 1.165) is 16.4 Å². The van der Waals surface area contributed by atoms with Gasteiger partial charge in [-0.15, -0.1) is 0 Å². The molecular weight excluding hydrogens is 242 g/mol. The molecule has 4 heteroatoms. The van der Waals surface area contributed by atoms with Crippen LogP contribution in [0.15, 0.2) is 54.6 Å². The maximum atomic E-state index is 10.4. The summed E-state index contributed by atoms with van der Waals surface area (Å²) in [6.45, 7) is 2.55. The summed E-state index contributed by atoms with van der Waals surface area (Å²) in [6, 6.07) is 17.4. The van der Waals surface area contributed by atoms with Crippen LogP contribution in [0.3, 0.4) is 0 Å². The van der Waals surface area contributed by atoms with Gasteiger partial charge in [-0.25, -0.2) is 0 Å². The molecule has 2 aromatic rings. The number of para-hydroxylation sites is 1. The van der Waals surface area contributed by atoms with Crippen LogP contribution >= 0.6 is 8.15 Å². The van der Waals surface area contributed by atoms with Crippen molar-refractivity contribution in [3.8, 4) is 5.75 Å². The average Bonchev–Trinajstić information content (AvgIpc) is 2.40. The molecule has 3 radical (unpaired) electrons. The summed E-state index contributed by atoms with van der Waals surface area (Å²) in [6.07, 6.45) is 0. The van der Waals surface area contributed by atoms with Crippen molar-refractivity contribution in [3.63, 3.8) is 0 Å². The minimum absolute atomic E-state index is 0. The Labute approximate surface area is 111 Å². The molecule has 0 amide bonds. The van der Waals surface area contributed by atoms with Gasteiger partial charge in [0.2, 0.25) is 0 Å². The van der Waals surface area contributed by atoms with Gasteiger partial charge >= 0.3 is 0 Å². The van der Waals surface area contributed by atoms with E-state index in [9.17, 15) is 4.89 Å². The van der Waals surface area contributed by atoms with E-state index >= 15 is 0 Å². The Balaban J connectivity index is 0.00000162. The van der Waals surface area contributed by atoms with Gasteiger partial charge in [-0.3, -0.25) is 0 Å². The third-order valence-corrected chi connectivity index (χ3v) is 4.01. The highest BCUT2D eigenvalue weighted by Gasteiger charge is 2.14. The lowest BCUT2D eigenvalue weighted by molar-refractivity contribution is 0.343. The topological polar surface area (TPSA) is 29.5 Å². The van der Waals surface area contributed by atoms with Crippen molar-refractivity contribution in [2.75, 3.05) is 6.61 Å². The van der Waals surface area contributed by atoms with Crippen molar-refractivity contribution in [3.05, 3.63) is 54.6 Å². The first-order chi connectivity index (χ1) is 8.33. The molecule has 0 fully saturated rings. The molecule has 18 heavy (non-hydrogen) atoms. The molecule has 2 rings (SSSR count). The number of ether oxygens (including phenoxy) is 1. The fourth-order valence-electron chi connectivity index (χ4n) is 1.62. The van der Waals surface area contributed by atoms with E-state index in [2.05, 4.69) is 0 Å². The third kappa shape index (κ3) is 3.35. The van der Waals surface area contributed by atoms with Gasteiger partial charge in [-0.05, 0) is 19.1 Å². The first kappa shape index (κ1) is 14.8. The average molecular weight is 257 g/mol. The zero-order chi connectivity index (χ0) is 12.1. The van der Waals surface area contributed by atoms with Crippen LogP contribution in [0.1, 0.15) is 6.92 Å². The molecule has 0 aliphatic carbocycles. The molecule has 0 bridgehead atoms. The van der Waals surface area contributed by atoms with Gasteiger partial charge in [-0.2, -0.15) is 0 Å². The molecule has 0 aliphatic heterocycles. The molecule has 91 valence electrons. The van der Waals surface area contributed by atoms with Crippen molar-refractivity contribution < 1.29 is 9.63 Å². The van der Waals surface area contributed by atoms with E-state index in [0.29, 0.717) is 6.61 Å². The lowest BCUT2D eigenvalue weighted by Gasteiger charge is -2.15. The second-order valence-corrected chi connectivity index (χ2v) is 5.17. The molecule has 0 saturated carbocycles. The van der Waals surface area contributed by atoms with Crippen molar-refractivity contribution in [1.29, 1.82) is 0 Å². The van der Waals surface area contributed by atoms with E-state index in [1.54, 1.807) is 0 Å². The minimum Gasteiger partial charge on any atom is -0.493 e. The van der Waals surface area contributed by atoms with Crippen LogP contribution in [0.25, 0.3) is 0 Å². The molecule has 1 atom stereocenters. The van der Waals surface area contributed by atoms with Gasteiger partial charge in [0.1, 0.15) is 5.75 Å². The fraction of sp³-hybridized carbons (Fsp3) is 0.143. The van der Waals surface area contributed by atoms with Gasteiger partial charge in [0.25, 0.3) is 0 Å². The first-order valence-corrected chi connectivity index (χ1v) is 6.88. The zero-order valence-corrected chi connectivity index (χ0v) is 11.2. The Bertz CT molecular complexity index is 476. The third-order valence-electron chi connectivity index (χ3n) is 2.39. The van der Waals surface area contributed by atoms with E-state index in [4.69, 9.17) is 4.74 Å². The number of rotatable bonds is 4. The Kier molecular flexibility index (Phi) is 5.90. The molecule has 1 unspecified atom stereocenters. The lowest BCUT2D eigenvalue weighted by Crippen LogP contribution is -2.14. The van der Waals surface area contributed by atoms with Crippen LogP contribution in [0.5, 0.6) is 5.75 Å². The van der Waals surface area contributed by atoms with Crippen molar-refractivity contribution in [2.45, 2.75) is 6.92 Å². The highest BCUT2D eigenvalue weighted by atomic mass is 31.1. The molecule has 2 nitrogen and oxygen atoms in total. The smallest absolute Gasteiger partial charge is 0.129 e. The Morgan fingerprint density at radius 1 is 1.00 bits per heavy atom. The molecule has 0 saturated heterocycles. The van der Waals surface area contributed by atoms with Crippen molar-refractivity contribution in [1.82, 2.24) is 0 Å². The summed E-state index contributed by atoms with van der Waals surface area (Å²) in [4.78, 5) is 10.4. The highest BCUT2D eigenvalue weighted by molar-refractivity contribution is 7.67. The van der Waals surface area contributed by atoms with Gasteiger partial charge in [0, 0.05) is 19.0 Å². The summed E-state index contributed by atoms with van der Waals surface area (Å²) >= 11 is 0. The molecule has 0 aromatic heterocycles. The van der Waals surface area contributed by atoms with Gasteiger partial charge < -0.3 is 9.63 Å². The quantitative estimate of drug-likeness (QED) is 0.670. The predicted molar refractivity (Wildman–Crippen MR) is 78.2 cm³/mol. The van der Waals surface area contributed by atoms with Crippen LogP contribution in [-0.4, -0.2) is 19.9 Å². The number of hydrogen-bond donors (Lipinski definition) is 1. The summed E-state index contributed by atoms with van der Waals surface area (Å²) in [5.41, 5.74) is 0. The predicted octanol–water partition coefficient (Wildman–Crippen LogP) is 2.04. The molecule has 0 aliphatic rings. The van der Waals surface area contributed by atoms with Crippen LogP contribution in [0.4, 0.5) is 0 Å². The second-order valence-electron chi connectivity index (χ2n) is 3.55. The maximum absolute atomic E-state index is 10.4. The van der Waals surface area contributed by atoms with E-state index < -0.39 is 8.15 Å². The largest absolute Gasteiger partial charge is 0.493 e. The number of hydrogen-bond acceptors (Lipinski definition) is 2. The summed E-state index contributed by atoms with van der Waals surface area (Å²) in [7, 11) is -1.33. The molecule has 1 N–H and O–H groups in total. The standard InChI is InChI=1S/C14H15O2P.B/c1-2-16-13-10-6-7-11-14(13)17(15)12-8-4-3-5-9-12;/h3-11,15H,2H2,1H3;. The van der Waals surface area contributed by atoms with E-state index in [-0.39, 0.29) is 8.41 Å². The first-order valence-electron chi connectivity index (χ1n) is 5.59. The van der Waals surface area contributed by atoms with Gasteiger partial charge in [0.05, 0.1) is 14.8 Å². The summed E-state index contributed by atoms with van der Waals surface area (Å²) < 4.78 is 5.54. The highest BCUT2D eigenvalue weighted by Crippen LogP contribution is 2.32. The monoisotopic (exact) mass is 257 g/mol. The van der Waals surface area contributed by atoms with Crippen molar-refractivity contribution >= 4 is 27.2 Å². The molecule has 2 aromatic carbocycles. The van der Waals surface area contributed by atoms with Crippen LogP contribution in [-0.2, 0) is 0 Å². The lowest BCUT2D eigenvalue weighted by atomic mass is 10.3. The van der Waals surface area contributed by atoms with Gasteiger partial charge in [0.15, 0.2) is 0 Å².